The Morgan fingerprint density at radius 1 is 1.82 bits per heavy atom. The van der Waals surface area contributed by atoms with E-state index in [0.29, 0.717) is 6.29 Å². The van der Waals surface area contributed by atoms with Gasteiger partial charge in [0.25, 0.3) is 0 Å². The van der Waals surface area contributed by atoms with Crippen molar-refractivity contribution in [2.24, 2.45) is 5.73 Å². The maximum Gasteiger partial charge on any atom is 0.326 e. The number of hydrogen-bond donors (Lipinski definition) is 3. The van der Waals surface area contributed by atoms with Gasteiger partial charge in [-0.2, -0.15) is 0 Å². The van der Waals surface area contributed by atoms with Crippen molar-refractivity contribution in [3.8, 4) is 0 Å². The first-order chi connectivity index (χ1) is 4.95. The minimum absolute atomic E-state index is 0.376. The summed E-state index contributed by atoms with van der Waals surface area (Å²) in [6.07, 6.45) is -1.26. The van der Waals surface area contributed by atoms with Gasteiger partial charge in [-0.05, 0) is 6.92 Å². The molecule has 0 fully saturated rings. The molecule has 0 spiro atoms. The van der Waals surface area contributed by atoms with Crippen LogP contribution in [0.15, 0.2) is 0 Å². The lowest BCUT2D eigenvalue weighted by Crippen LogP contribution is -2.56. The molecule has 64 valence electrons. The van der Waals surface area contributed by atoms with Gasteiger partial charge in [-0.3, -0.25) is 4.79 Å². The third kappa shape index (κ3) is 1.99. The predicted octanol–water partition coefficient (Wildman–Crippen LogP) is -1.26. The third-order valence-electron chi connectivity index (χ3n) is 1.56. The molecule has 0 saturated carbocycles. The average molecular weight is 161 g/mol. The van der Waals surface area contributed by atoms with Crippen LogP contribution in [-0.4, -0.2) is 34.1 Å². The fourth-order valence-corrected chi connectivity index (χ4v) is 0.574. The Labute approximate surface area is 63.8 Å². The van der Waals surface area contributed by atoms with Gasteiger partial charge in [0.05, 0.1) is 6.10 Å². The number of aliphatic hydroxyl groups is 1. The summed E-state index contributed by atoms with van der Waals surface area (Å²) in [5.74, 6) is -1.38. The van der Waals surface area contributed by atoms with Crippen molar-refractivity contribution in [3.63, 3.8) is 0 Å². The Morgan fingerprint density at radius 2 is 2.27 bits per heavy atom. The van der Waals surface area contributed by atoms with E-state index in [-0.39, 0.29) is 6.42 Å². The summed E-state index contributed by atoms with van der Waals surface area (Å²) in [4.78, 5) is 20.4. The van der Waals surface area contributed by atoms with Crippen LogP contribution in [0.25, 0.3) is 0 Å². The number of carboxylic acids is 1. The molecule has 0 aliphatic heterocycles. The zero-order chi connectivity index (χ0) is 9.07. The number of rotatable bonds is 4. The molecule has 0 aliphatic carbocycles. The van der Waals surface area contributed by atoms with Crippen molar-refractivity contribution in [1.29, 1.82) is 0 Å². The molecular weight excluding hydrogens is 150 g/mol. The van der Waals surface area contributed by atoms with Gasteiger partial charge in [0.2, 0.25) is 0 Å². The zero-order valence-corrected chi connectivity index (χ0v) is 6.15. The molecular formula is C6H11NO4. The quantitative estimate of drug-likeness (QED) is 0.447. The van der Waals surface area contributed by atoms with Gasteiger partial charge in [-0.1, -0.05) is 0 Å². The monoisotopic (exact) mass is 161 g/mol. The molecule has 0 heterocycles. The zero-order valence-electron chi connectivity index (χ0n) is 6.15. The molecule has 5 heteroatoms. The maximum atomic E-state index is 10.4. The minimum atomic E-state index is -1.85. The first-order valence-electron chi connectivity index (χ1n) is 3.09. The molecule has 5 nitrogen and oxygen atoms in total. The van der Waals surface area contributed by atoms with Crippen LogP contribution in [0.2, 0.25) is 0 Å². The molecule has 0 aromatic carbocycles. The molecule has 0 amide bonds. The van der Waals surface area contributed by atoms with E-state index in [4.69, 9.17) is 15.9 Å². The van der Waals surface area contributed by atoms with Gasteiger partial charge in [-0.25, -0.2) is 0 Å². The minimum Gasteiger partial charge on any atom is -0.480 e. The van der Waals surface area contributed by atoms with Crippen molar-refractivity contribution < 1.29 is 19.8 Å². The van der Waals surface area contributed by atoms with E-state index in [1.54, 1.807) is 0 Å². The van der Waals surface area contributed by atoms with Crippen molar-refractivity contribution >= 4 is 12.3 Å². The second-order valence-corrected chi connectivity index (χ2v) is 2.39. The van der Waals surface area contributed by atoms with E-state index in [0.717, 1.165) is 0 Å². The molecule has 0 rings (SSSR count). The molecule has 0 aromatic rings. The normalized spacial score (nSPS) is 18.5. The lowest BCUT2D eigenvalue weighted by molar-refractivity contribution is -0.148. The summed E-state index contributed by atoms with van der Waals surface area (Å²) < 4.78 is 0. The lowest BCUT2D eigenvalue weighted by atomic mass is 9.92. The van der Waals surface area contributed by atoms with E-state index in [2.05, 4.69) is 0 Å². The lowest BCUT2D eigenvalue weighted by Gasteiger charge is -2.24. The van der Waals surface area contributed by atoms with E-state index in [9.17, 15) is 9.59 Å². The third-order valence-corrected chi connectivity index (χ3v) is 1.56. The number of hydrogen-bond acceptors (Lipinski definition) is 4. The Balaban J connectivity index is 4.51. The highest BCUT2D eigenvalue weighted by atomic mass is 16.4. The summed E-state index contributed by atoms with van der Waals surface area (Å²) in [7, 11) is 0. The van der Waals surface area contributed by atoms with E-state index in [1.807, 2.05) is 0 Å². The van der Waals surface area contributed by atoms with Crippen LogP contribution in [0.1, 0.15) is 13.3 Å². The molecule has 0 aliphatic rings. The Hall–Kier alpha value is -0.940. The fourth-order valence-electron chi connectivity index (χ4n) is 0.574. The smallest absolute Gasteiger partial charge is 0.326 e. The topological polar surface area (TPSA) is 101 Å². The first kappa shape index (κ1) is 10.1. The van der Waals surface area contributed by atoms with Crippen LogP contribution < -0.4 is 5.73 Å². The number of carbonyl (C=O) groups is 2. The van der Waals surface area contributed by atoms with Crippen LogP contribution >= 0.6 is 0 Å². The number of carboxylic acid groups (broad SMARTS) is 1. The highest BCUT2D eigenvalue weighted by molar-refractivity contribution is 5.82. The van der Waals surface area contributed by atoms with Gasteiger partial charge in [0, 0.05) is 6.42 Å². The SMILES string of the molecule is CC(O)C(N)(CC=O)C(=O)O. The van der Waals surface area contributed by atoms with Crippen molar-refractivity contribution in [1.82, 2.24) is 0 Å². The molecule has 0 radical (unpaired) electrons. The standard InChI is InChI=1S/C6H11NO4/c1-4(9)6(7,2-3-8)5(10)11/h3-4,9H,2,7H2,1H3,(H,10,11). The predicted molar refractivity (Wildman–Crippen MR) is 36.9 cm³/mol. The summed E-state index contributed by atoms with van der Waals surface area (Å²) in [6, 6.07) is 0. The number of nitrogens with two attached hydrogens (primary N) is 1. The fraction of sp³-hybridized carbons (Fsp3) is 0.667. The Kier molecular flexibility index (Phi) is 3.16. The van der Waals surface area contributed by atoms with Crippen molar-refractivity contribution in [3.05, 3.63) is 0 Å². The highest BCUT2D eigenvalue weighted by Crippen LogP contribution is 2.10. The second kappa shape index (κ2) is 3.45. The molecule has 4 N–H and O–H groups in total. The highest BCUT2D eigenvalue weighted by Gasteiger charge is 2.38. The number of aldehydes is 1. The van der Waals surface area contributed by atoms with E-state index in [1.165, 1.54) is 6.92 Å². The molecule has 0 aromatic heterocycles. The molecule has 11 heavy (non-hydrogen) atoms. The molecule has 2 unspecified atom stereocenters. The number of aliphatic hydroxyl groups excluding tert-OH is 1. The van der Waals surface area contributed by atoms with Crippen LogP contribution in [-0.2, 0) is 9.59 Å². The Bertz CT molecular complexity index is 168. The number of carbonyl (C=O) groups excluding carboxylic acids is 1. The Morgan fingerprint density at radius 3 is 2.36 bits per heavy atom. The molecule has 2 atom stereocenters. The number of aliphatic carboxylic acids is 1. The van der Waals surface area contributed by atoms with E-state index < -0.39 is 17.6 Å². The van der Waals surface area contributed by atoms with Crippen molar-refractivity contribution in [2.45, 2.75) is 25.0 Å². The van der Waals surface area contributed by atoms with Crippen LogP contribution in [0, 0.1) is 0 Å². The van der Waals surface area contributed by atoms with Gasteiger partial charge in [-0.15, -0.1) is 0 Å². The largest absolute Gasteiger partial charge is 0.480 e. The summed E-state index contributed by atoms with van der Waals surface area (Å²) in [6.45, 7) is 1.23. The van der Waals surface area contributed by atoms with Crippen LogP contribution in [0.3, 0.4) is 0 Å². The van der Waals surface area contributed by atoms with Crippen molar-refractivity contribution in [2.75, 3.05) is 0 Å². The van der Waals surface area contributed by atoms with E-state index >= 15 is 0 Å². The van der Waals surface area contributed by atoms with Gasteiger partial charge < -0.3 is 20.7 Å². The average Bonchev–Trinajstić information content (AvgIpc) is 1.87. The summed E-state index contributed by atoms with van der Waals surface area (Å²) in [5.41, 5.74) is 3.37. The molecule has 0 saturated heterocycles. The van der Waals surface area contributed by atoms with Gasteiger partial charge in [0.15, 0.2) is 0 Å². The van der Waals surface area contributed by atoms with Crippen LogP contribution in [0.5, 0.6) is 0 Å². The van der Waals surface area contributed by atoms with Gasteiger partial charge >= 0.3 is 5.97 Å². The maximum absolute atomic E-state index is 10.4. The first-order valence-corrected chi connectivity index (χ1v) is 3.09. The van der Waals surface area contributed by atoms with Gasteiger partial charge in [0.1, 0.15) is 11.8 Å². The summed E-state index contributed by atoms with van der Waals surface area (Å²) in [5, 5.41) is 17.4. The van der Waals surface area contributed by atoms with Crippen LogP contribution in [0.4, 0.5) is 0 Å². The summed E-state index contributed by atoms with van der Waals surface area (Å²) >= 11 is 0. The second-order valence-electron chi connectivity index (χ2n) is 2.39. The molecule has 0 bridgehead atoms.